The fourth-order valence-electron chi connectivity index (χ4n) is 1.99. The van der Waals surface area contributed by atoms with Crippen LogP contribution in [0.5, 0.6) is 0 Å². The van der Waals surface area contributed by atoms with Crippen LogP contribution in [0.25, 0.3) is 22.0 Å². The normalized spacial score (nSPS) is 10.8. The third kappa shape index (κ3) is 2.37. The zero-order chi connectivity index (χ0) is 13.4. The summed E-state index contributed by atoms with van der Waals surface area (Å²) in [5, 5.41) is 8.07. The maximum Gasteiger partial charge on any atom is 0.150 e. The third-order valence-corrected chi connectivity index (χ3v) is 3.42. The van der Waals surface area contributed by atoms with Crippen molar-refractivity contribution in [3.8, 4) is 11.1 Å². The molecule has 0 saturated heterocycles. The molecule has 1 N–H and O–H groups in total. The molecule has 3 rings (SSSR count). The summed E-state index contributed by atoms with van der Waals surface area (Å²) < 4.78 is 0.573. The SMILES string of the molecule is Cc1ccc2cc(-c3cc(Cl)n[nH]c3=S)ccc2n1. The maximum atomic E-state index is 5.90. The summed E-state index contributed by atoms with van der Waals surface area (Å²) in [5.41, 5.74) is 3.85. The molecule has 0 saturated carbocycles. The Morgan fingerprint density at radius 1 is 1.16 bits per heavy atom. The lowest BCUT2D eigenvalue weighted by Crippen LogP contribution is -1.89. The first-order valence-electron chi connectivity index (χ1n) is 5.76. The molecule has 94 valence electrons. The van der Waals surface area contributed by atoms with Crippen LogP contribution in [-0.2, 0) is 0 Å². The summed E-state index contributed by atoms with van der Waals surface area (Å²) in [6.45, 7) is 1.98. The van der Waals surface area contributed by atoms with Crippen LogP contribution < -0.4 is 0 Å². The Labute approximate surface area is 120 Å². The molecule has 0 spiro atoms. The van der Waals surface area contributed by atoms with Gasteiger partial charge in [-0.05, 0) is 36.8 Å². The van der Waals surface area contributed by atoms with Gasteiger partial charge in [-0.2, -0.15) is 5.10 Å². The van der Waals surface area contributed by atoms with Gasteiger partial charge in [0.25, 0.3) is 0 Å². The molecule has 5 heteroatoms. The van der Waals surface area contributed by atoms with Gasteiger partial charge in [0.15, 0.2) is 0 Å². The fourth-order valence-corrected chi connectivity index (χ4v) is 2.36. The highest BCUT2D eigenvalue weighted by molar-refractivity contribution is 7.71. The number of H-pyrrole nitrogens is 1. The lowest BCUT2D eigenvalue weighted by molar-refractivity contribution is 1.02. The Morgan fingerprint density at radius 3 is 2.84 bits per heavy atom. The Hall–Kier alpha value is -1.78. The summed E-state index contributed by atoms with van der Waals surface area (Å²) >= 11 is 11.1. The average molecular weight is 288 g/mol. The predicted octanol–water partition coefficient (Wildman–Crippen LogP) is 4.32. The van der Waals surface area contributed by atoms with Gasteiger partial charge in [-0.3, -0.25) is 10.1 Å². The van der Waals surface area contributed by atoms with Crippen LogP contribution in [0.4, 0.5) is 0 Å². The molecule has 0 unspecified atom stereocenters. The van der Waals surface area contributed by atoms with E-state index in [-0.39, 0.29) is 0 Å². The molecule has 3 nitrogen and oxygen atoms in total. The first-order chi connectivity index (χ1) is 9.13. The molecular weight excluding hydrogens is 278 g/mol. The van der Waals surface area contributed by atoms with Gasteiger partial charge < -0.3 is 0 Å². The summed E-state index contributed by atoms with van der Waals surface area (Å²) in [4.78, 5) is 4.48. The average Bonchev–Trinajstić information content (AvgIpc) is 2.41. The lowest BCUT2D eigenvalue weighted by atomic mass is 10.1. The van der Waals surface area contributed by atoms with Crippen LogP contribution in [0, 0.1) is 11.6 Å². The Kier molecular flexibility index (Phi) is 3.05. The minimum absolute atomic E-state index is 0.394. The first kappa shape index (κ1) is 12.3. The van der Waals surface area contributed by atoms with Crippen LogP contribution in [0.1, 0.15) is 5.69 Å². The number of nitrogens with one attached hydrogen (secondary N) is 1. The van der Waals surface area contributed by atoms with E-state index in [9.17, 15) is 0 Å². The molecule has 1 aromatic carbocycles. The van der Waals surface area contributed by atoms with E-state index in [0.29, 0.717) is 9.79 Å². The van der Waals surface area contributed by atoms with E-state index < -0.39 is 0 Å². The summed E-state index contributed by atoms with van der Waals surface area (Å²) in [7, 11) is 0. The third-order valence-electron chi connectivity index (χ3n) is 2.91. The van der Waals surface area contributed by atoms with E-state index in [2.05, 4.69) is 27.3 Å². The fraction of sp³-hybridized carbons (Fsp3) is 0.0714. The highest BCUT2D eigenvalue weighted by Gasteiger charge is 2.04. The molecule has 0 atom stereocenters. The molecule has 0 amide bonds. The molecule has 0 aliphatic rings. The highest BCUT2D eigenvalue weighted by atomic mass is 35.5. The van der Waals surface area contributed by atoms with E-state index in [0.717, 1.165) is 27.7 Å². The van der Waals surface area contributed by atoms with Crippen LogP contribution in [0.2, 0.25) is 5.15 Å². The molecule has 0 radical (unpaired) electrons. The Morgan fingerprint density at radius 2 is 2.00 bits per heavy atom. The number of halogens is 1. The Bertz CT molecular complexity index is 826. The standard InChI is InChI=1S/C14H10ClN3S/c1-8-2-3-10-6-9(4-5-12(10)16-8)11-7-13(15)17-18-14(11)19/h2-7H,1H3,(H,18,19). The quantitative estimate of drug-likeness (QED) is 0.678. The van der Waals surface area contributed by atoms with Gasteiger partial charge in [-0.15, -0.1) is 0 Å². The van der Waals surface area contributed by atoms with Crippen molar-refractivity contribution < 1.29 is 0 Å². The van der Waals surface area contributed by atoms with Crippen molar-refractivity contribution in [3.63, 3.8) is 0 Å². The minimum Gasteiger partial charge on any atom is -0.266 e. The molecule has 0 aliphatic carbocycles. The number of nitrogens with zero attached hydrogens (tertiary/aromatic N) is 2. The van der Waals surface area contributed by atoms with Gasteiger partial charge >= 0.3 is 0 Å². The molecule has 3 aromatic rings. The van der Waals surface area contributed by atoms with E-state index in [1.165, 1.54) is 0 Å². The van der Waals surface area contributed by atoms with Crippen LogP contribution >= 0.6 is 23.8 Å². The molecule has 2 heterocycles. The van der Waals surface area contributed by atoms with Crippen molar-refractivity contribution in [1.29, 1.82) is 0 Å². The van der Waals surface area contributed by atoms with Crippen LogP contribution in [0.15, 0.2) is 36.4 Å². The second-order valence-corrected chi connectivity index (χ2v) is 5.09. The molecule has 0 bridgehead atoms. The van der Waals surface area contributed by atoms with Gasteiger partial charge in [-0.1, -0.05) is 36.0 Å². The number of rotatable bonds is 1. The van der Waals surface area contributed by atoms with Gasteiger partial charge in [0.1, 0.15) is 9.79 Å². The molecule has 19 heavy (non-hydrogen) atoms. The zero-order valence-electron chi connectivity index (χ0n) is 10.1. The van der Waals surface area contributed by atoms with Crippen molar-refractivity contribution in [2.75, 3.05) is 0 Å². The number of hydrogen-bond donors (Lipinski definition) is 1. The summed E-state index contributed by atoms with van der Waals surface area (Å²) in [6, 6.07) is 11.8. The largest absolute Gasteiger partial charge is 0.266 e. The van der Waals surface area contributed by atoms with E-state index in [1.54, 1.807) is 6.07 Å². The van der Waals surface area contributed by atoms with Crippen molar-refractivity contribution in [3.05, 3.63) is 51.9 Å². The monoisotopic (exact) mass is 287 g/mol. The van der Waals surface area contributed by atoms with E-state index in [4.69, 9.17) is 23.8 Å². The topological polar surface area (TPSA) is 41.6 Å². The van der Waals surface area contributed by atoms with Crippen LogP contribution in [0.3, 0.4) is 0 Å². The highest BCUT2D eigenvalue weighted by Crippen LogP contribution is 2.25. The second-order valence-electron chi connectivity index (χ2n) is 4.29. The van der Waals surface area contributed by atoms with Crippen LogP contribution in [-0.4, -0.2) is 15.2 Å². The number of aryl methyl sites for hydroxylation is 1. The maximum absolute atomic E-state index is 5.90. The van der Waals surface area contributed by atoms with Crippen molar-refractivity contribution >= 4 is 34.7 Å². The first-order valence-corrected chi connectivity index (χ1v) is 6.55. The summed E-state index contributed by atoms with van der Waals surface area (Å²) in [6.07, 6.45) is 0. The zero-order valence-corrected chi connectivity index (χ0v) is 11.7. The molecule has 0 aliphatic heterocycles. The van der Waals surface area contributed by atoms with Crippen molar-refractivity contribution in [1.82, 2.24) is 15.2 Å². The number of aromatic amines is 1. The number of fused-ring (bicyclic) bond motifs is 1. The predicted molar refractivity (Wildman–Crippen MR) is 79.9 cm³/mol. The molecule has 0 fully saturated rings. The number of aromatic nitrogens is 3. The minimum atomic E-state index is 0.394. The van der Waals surface area contributed by atoms with Gasteiger partial charge in [0, 0.05) is 16.6 Å². The van der Waals surface area contributed by atoms with Crippen molar-refractivity contribution in [2.24, 2.45) is 0 Å². The molecule has 2 aromatic heterocycles. The molecular formula is C14H10ClN3S. The smallest absolute Gasteiger partial charge is 0.150 e. The van der Waals surface area contributed by atoms with E-state index >= 15 is 0 Å². The lowest BCUT2D eigenvalue weighted by Gasteiger charge is -2.05. The number of benzene rings is 1. The van der Waals surface area contributed by atoms with E-state index in [1.807, 2.05) is 25.1 Å². The summed E-state index contributed by atoms with van der Waals surface area (Å²) in [5.74, 6) is 0. The number of pyridine rings is 1. The Balaban J connectivity index is 2.23. The number of hydrogen-bond acceptors (Lipinski definition) is 3. The van der Waals surface area contributed by atoms with Gasteiger partial charge in [0.2, 0.25) is 0 Å². The van der Waals surface area contributed by atoms with Crippen molar-refractivity contribution in [2.45, 2.75) is 6.92 Å². The van der Waals surface area contributed by atoms with Gasteiger partial charge in [-0.25, -0.2) is 0 Å². The van der Waals surface area contributed by atoms with Gasteiger partial charge in [0.05, 0.1) is 5.52 Å². The second kappa shape index (κ2) is 4.72.